The summed E-state index contributed by atoms with van der Waals surface area (Å²) >= 11 is 3.23. The SMILES string of the molecule is CC(CO)(CO)NC(=O)Oc1ccccc1Br. The van der Waals surface area contributed by atoms with E-state index >= 15 is 0 Å². The summed E-state index contributed by atoms with van der Waals surface area (Å²) in [7, 11) is 0. The van der Waals surface area contributed by atoms with Gasteiger partial charge < -0.3 is 20.3 Å². The highest BCUT2D eigenvalue weighted by Crippen LogP contribution is 2.23. The van der Waals surface area contributed by atoms with Crippen molar-refractivity contribution in [2.75, 3.05) is 13.2 Å². The van der Waals surface area contributed by atoms with E-state index in [-0.39, 0.29) is 13.2 Å². The van der Waals surface area contributed by atoms with Crippen molar-refractivity contribution in [1.82, 2.24) is 5.32 Å². The molecule has 1 aromatic rings. The average molecular weight is 304 g/mol. The smallest absolute Gasteiger partial charge is 0.409 e. The zero-order valence-corrected chi connectivity index (χ0v) is 10.9. The van der Waals surface area contributed by atoms with Gasteiger partial charge in [0.1, 0.15) is 5.75 Å². The number of carbonyl (C=O) groups is 1. The van der Waals surface area contributed by atoms with Crippen LogP contribution < -0.4 is 10.1 Å². The topological polar surface area (TPSA) is 78.8 Å². The Morgan fingerprint density at radius 2 is 2.00 bits per heavy atom. The van der Waals surface area contributed by atoms with Crippen LogP contribution in [0.4, 0.5) is 4.79 Å². The van der Waals surface area contributed by atoms with Crippen molar-refractivity contribution in [3.05, 3.63) is 28.7 Å². The fourth-order valence-electron chi connectivity index (χ4n) is 1.03. The lowest BCUT2D eigenvalue weighted by Gasteiger charge is -2.25. The molecule has 0 spiro atoms. The molecule has 0 unspecified atom stereocenters. The Morgan fingerprint density at radius 3 is 2.53 bits per heavy atom. The van der Waals surface area contributed by atoms with Crippen LogP contribution in [-0.4, -0.2) is 35.1 Å². The van der Waals surface area contributed by atoms with Gasteiger partial charge in [0.05, 0.1) is 23.2 Å². The minimum Gasteiger partial charge on any atom is -0.409 e. The van der Waals surface area contributed by atoms with Gasteiger partial charge in [-0.2, -0.15) is 0 Å². The summed E-state index contributed by atoms with van der Waals surface area (Å²) in [5, 5.41) is 20.4. The standard InChI is InChI=1S/C11H14BrNO4/c1-11(6-14,7-15)13-10(16)17-9-5-3-2-4-8(9)12/h2-5,14-15H,6-7H2,1H3,(H,13,16). The number of para-hydroxylation sites is 1. The van der Waals surface area contributed by atoms with Gasteiger partial charge in [-0.15, -0.1) is 0 Å². The van der Waals surface area contributed by atoms with E-state index in [0.717, 1.165) is 0 Å². The molecule has 0 atom stereocenters. The molecular weight excluding hydrogens is 290 g/mol. The monoisotopic (exact) mass is 303 g/mol. The molecule has 0 aliphatic heterocycles. The van der Waals surface area contributed by atoms with E-state index in [0.29, 0.717) is 10.2 Å². The molecule has 0 heterocycles. The molecule has 1 aromatic carbocycles. The predicted molar refractivity (Wildman–Crippen MR) is 65.9 cm³/mol. The van der Waals surface area contributed by atoms with Gasteiger partial charge in [0.15, 0.2) is 0 Å². The first-order valence-electron chi connectivity index (χ1n) is 4.97. The summed E-state index contributed by atoms with van der Waals surface area (Å²) in [6.45, 7) is 0.747. The van der Waals surface area contributed by atoms with Crippen molar-refractivity contribution in [2.24, 2.45) is 0 Å². The van der Waals surface area contributed by atoms with Crippen LogP contribution in [0.5, 0.6) is 5.75 Å². The van der Waals surface area contributed by atoms with E-state index < -0.39 is 11.6 Å². The zero-order chi connectivity index (χ0) is 12.9. The Morgan fingerprint density at radius 1 is 1.41 bits per heavy atom. The van der Waals surface area contributed by atoms with Gasteiger partial charge in [-0.25, -0.2) is 4.79 Å². The largest absolute Gasteiger partial charge is 0.413 e. The van der Waals surface area contributed by atoms with E-state index in [1.165, 1.54) is 6.92 Å². The zero-order valence-electron chi connectivity index (χ0n) is 9.31. The summed E-state index contributed by atoms with van der Waals surface area (Å²) in [5.74, 6) is 0.364. The third kappa shape index (κ3) is 3.99. The van der Waals surface area contributed by atoms with Crippen LogP contribution >= 0.6 is 15.9 Å². The van der Waals surface area contributed by atoms with Crippen molar-refractivity contribution in [3.8, 4) is 5.75 Å². The molecule has 6 heteroatoms. The van der Waals surface area contributed by atoms with Crippen LogP contribution in [-0.2, 0) is 0 Å². The van der Waals surface area contributed by atoms with Crippen molar-refractivity contribution < 1.29 is 19.7 Å². The van der Waals surface area contributed by atoms with Crippen LogP contribution in [0.2, 0.25) is 0 Å². The second kappa shape index (κ2) is 6.00. The first-order chi connectivity index (χ1) is 8.00. The maximum atomic E-state index is 11.5. The third-order valence-corrected chi connectivity index (χ3v) is 2.80. The number of benzene rings is 1. The number of aliphatic hydroxyl groups is 2. The van der Waals surface area contributed by atoms with Crippen LogP contribution in [0.1, 0.15) is 6.92 Å². The van der Waals surface area contributed by atoms with Gasteiger partial charge in [0.25, 0.3) is 0 Å². The highest BCUT2D eigenvalue weighted by Gasteiger charge is 2.25. The number of ether oxygens (including phenoxy) is 1. The summed E-state index contributed by atoms with van der Waals surface area (Å²) in [6, 6.07) is 6.88. The lowest BCUT2D eigenvalue weighted by molar-refractivity contribution is 0.0997. The Bertz CT molecular complexity index is 393. The van der Waals surface area contributed by atoms with E-state index in [1.54, 1.807) is 24.3 Å². The number of hydrogen-bond donors (Lipinski definition) is 3. The number of nitrogens with one attached hydrogen (secondary N) is 1. The first kappa shape index (κ1) is 14.0. The summed E-state index contributed by atoms with van der Waals surface area (Å²) in [4.78, 5) is 11.5. The molecule has 94 valence electrons. The van der Waals surface area contributed by atoms with E-state index in [9.17, 15) is 4.79 Å². The third-order valence-electron chi connectivity index (χ3n) is 2.14. The van der Waals surface area contributed by atoms with Crippen molar-refractivity contribution >= 4 is 22.0 Å². The first-order valence-corrected chi connectivity index (χ1v) is 5.76. The molecule has 5 nitrogen and oxygen atoms in total. The van der Waals surface area contributed by atoms with Crippen LogP contribution in [0.25, 0.3) is 0 Å². The van der Waals surface area contributed by atoms with E-state index in [4.69, 9.17) is 14.9 Å². The summed E-state index contributed by atoms with van der Waals surface area (Å²) in [6.07, 6.45) is -0.734. The van der Waals surface area contributed by atoms with Crippen molar-refractivity contribution in [1.29, 1.82) is 0 Å². The van der Waals surface area contributed by atoms with Gasteiger partial charge in [-0.1, -0.05) is 12.1 Å². The quantitative estimate of drug-likeness (QED) is 0.783. The summed E-state index contributed by atoms with van der Waals surface area (Å²) < 4.78 is 5.67. The van der Waals surface area contributed by atoms with Gasteiger partial charge >= 0.3 is 6.09 Å². The van der Waals surface area contributed by atoms with Crippen LogP contribution in [0, 0.1) is 0 Å². The van der Waals surface area contributed by atoms with E-state index in [1.807, 2.05) is 0 Å². The van der Waals surface area contributed by atoms with Crippen molar-refractivity contribution in [3.63, 3.8) is 0 Å². The number of halogens is 1. The van der Waals surface area contributed by atoms with Gasteiger partial charge in [0, 0.05) is 0 Å². The minimum absolute atomic E-state index is 0.364. The number of amides is 1. The highest BCUT2D eigenvalue weighted by atomic mass is 79.9. The van der Waals surface area contributed by atoms with Gasteiger partial charge in [-0.05, 0) is 35.0 Å². The second-order valence-electron chi connectivity index (χ2n) is 3.82. The maximum absolute atomic E-state index is 11.5. The number of carbonyl (C=O) groups excluding carboxylic acids is 1. The molecular formula is C11H14BrNO4. The van der Waals surface area contributed by atoms with Gasteiger partial charge in [0.2, 0.25) is 0 Å². The summed E-state index contributed by atoms with van der Waals surface area (Å²) in [5.41, 5.74) is -1.10. The molecule has 0 aliphatic carbocycles. The lowest BCUT2D eigenvalue weighted by Crippen LogP contribution is -2.52. The van der Waals surface area contributed by atoms with Crippen LogP contribution in [0.15, 0.2) is 28.7 Å². The highest BCUT2D eigenvalue weighted by molar-refractivity contribution is 9.10. The maximum Gasteiger partial charge on any atom is 0.413 e. The van der Waals surface area contributed by atoms with Crippen LogP contribution in [0.3, 0.4) is 0 Å². The molecule has 1 amide bonds. The Kier molecular flexibility index (Phi) is 4.92. The molecule has 0 saturated carbocycles. The number of rotatable bonds is 4. The molecule has 1 rings (SSSR count). The lowest BCUT2D eigenvalue weighted by atomic mass is 10.1. The molecule has 17 heavy (non-hydrogen) atoms. The minimum atomic E-state index is -1.10. The molecule has 0 radical (unpaired) electrons. The Hall–Kier alpha value is -1.11. The fraction of sp³-hybridized carbons (Fsp3) is 0.364. The fourth-order valence-corrected chi connectivity index (χ4v) is 1.39. The number of hydrogen-bond acceptors (Lipinski definition) is 4. The molecule has 0 saturated heterocycles. The molecule has 0 bridgehead atoms. The predicted octanol–water partition coefficient (Wildman–Crippen LogP) is 1.28. The van der Waals surface area contributed by atoms with Crippen molar-refractivity contribution in [2.45, 2.75) is 12.5 Å². The molecule has 0 aromatic heterocycles. The Labute approximate surface area is 108 Å². The molecule has 0 aliphatic rings. The average Bonchev–Trinajstić information content (AvgIpc) is 2.32. The second-order valence-corrected chi connectivity index (χ2v) is 4.68. The molecule has 3 N–H and O–H groups in total. The number of aliphatic hydroxyl groups excluding tert-OH is 2. The Balaban J connectivity index is 2.65. The van der Waals surface area contributed by atoms with E-state index in [2.05, 4.69) is 21.2 Å². The van der Waals surface area contributed by atoms with Gasteiger partial charge in [-0.3, -0.25) is 0 Å². The normalized spacial score (nSPS) is 11.1. The molecule has 0 fully saturated rings.